The van der Waals surface area contributed by atoms with Gasteiger partial charge in [-0.15, -0.1) is 10.2 Å². The number of thioether (sulfide) groups is 1. The number of aromatic nitrogens is 3. The number of anilines is 1. The molecule has 6 nitrogen and oxygen atoms in total. The predicted octanol–water partition coefficient (Wildman–Crippen LogP) is 3.24. The van der Waals surface area contributed by atoms with Crippen LogP contribution < -0.4 is 4.90 Å². The van der Waals surface area contributed by atoms with Gasteiger partial charge in [0, 0.05) is 43.4 Å². The van der Waals surface area contributed by atoms with Gasteiger partial charge in [-0.2, -0.15) is 0 Å². The number of hydrogen-bond acceptors (Lipinski definition) is 5. The summed E-state index contributed by atoms with van der Waals surface area (Å²) in [5.74, 6) is 1.95. The number of benzene rings is 1. The van der Waals surface area contributed by atoms with Crippen LogP contribution in [0.25, 0.3) is 5.69 Å². The molecule has 0 bridgehead atoms. The number of likely N-dealkylation sites (tertiary alicyclic amines) is 1. The highest BCUT2D eigenvalue weighted by molar-refractivity contribution is 7.99. The summed E-state index contributed by atoms with van der Waals surface area (Å²) in [6.07, 6.45) is 4.02. The fraction of sp³-hybridized carbons (Fsp3) is 0.500. The van der Waals surface area contributed by atoms with E-state index in [9.17, 15) is 4.79 Å². The molecule has 1 aromatic carbocycles. The first-order chi connectivity index (χ1) is 12.7. The topological polar surface area (TPSA) is 54.3 Å². The van der Waals surface area contributed by atoms with E-state index in [2.05, 4.69) is 19.7 Å². The molecule has 2 saturated heterocycles. The van der Waals surface area contributed by atoms with Crippen molar-refractivity contribution in [1.82, 2.24) is 19.7 Å². The zero-order valence-electron chi connectivity index (χ0n) is 14.6. The number of carbonyl (C=O) groups is 1. The molecule has 1 aromatic heterocycles. The van der Waals surface area contributed by atoms with Crippen molar-refractivity contribution >= 4 is 35.2 Å². The lowest BCUT2D eigenvalue weighted by molar-refractivity contribution is -0.127. The van der Waals surface area contributed by atoms with Gasteiger partial charge >= 0.3 is 0 Å². The van der Waals surface area contributed by atoms with Gasteiger partial charge in [0.25, 0.3) is 0 Å². The van der Waals surface area contributed by atoms with E-state index in [-0.39, 0.29) is 5.91 Å². The molecule has 2 aliphatic rings. The Morgan fingerprint density at radius 3 is 2.69 bits per heavy atom. The molecule has 0 N–H and O–H groups in total. The second kappa shape index (κ2) is 7.88. The quantitative estimate of drug-likeness (QED) is 0.707. The third-order valence-electron chi connectivity index (χ3n) is 4.84. The van der Waals surface area contributed by atoms with Gasteiger partial charge in [-0.25, -0.2) is 0 Å². The maximum atomic E-state index is 11.8. The van der Waals surface area contributed by atoms with E-state index in [0.29, 0.717) is 11.4 Å². The Balaban J connectivity index is 1.56. The molecule has 2 aromatic rings. The molecule has 1 amide bonds. The molecular formula is C18H22ClN5OS. The predicted molar refractivity (Wildman–Crippen MR) is 104 cm³/mol. The molecule has 2 fully saturated rings. The van der Waals surface area contributed by atoms with E-state index in [4.69, 9.17) is 11.6 Å². The minimum Gasteiger partial charge on any atom is -0.342 e. The highest BCUT2D eigenvalue weighted by Gasteiger charge is 2.23. The first-order valence-corrected chi connectivity index (χ1v) is 10.5. The third kappa shape index (κ3) is 3.69. The minimum atomic E-state index is 0.264. The van der Waals surface area contributed by atoms with E-state index >= 15 is 0 Å². The van der Waals surface area contributed by atoms with Crippen LogP contribution in [0, 0.1) is 0 Å². The Hall–Kier alpha value is -1.73. The van der Waals surface area contributed by atoms with Gasteiger partial charge in [-0.1, -0.05) is 29.4 Å². The maximum Gasteiger partial charge on any atom is 0.232 e. The van der Waals surface area contributed by atoms with Crippen LogP contribution in [0.1, 0.15) is 25.7 Å². The van der Waals surface area contributed by atoms with Gasteiger partial charge in [0.2, 0.25) is 11.9 Å². The fourth-order valence-corrected chi connectivity index (χ4v) is 4.60. The zero-order valence-corrected chi connectivity index (χ0v) is 16.2. The number of hydrogen-bond donors (Lipinski definition) is 0. The Morgan fingerprint density at radius 1 is 1.12 bits per heavy atom. The van der Waals surface area contributed by atoms with Crippen LogP contribution >= 0.6 is 23.4 Å². The largest absolute Gasteiger partial charge is 0.342 e. The van der Waals surface area contributed by atoms with Crippen LogP contribution in [0.15, 0.2) is 29.4 Å². The monoisotopic (exact) mass is 391 g/mol. The van der Waals surface area contributed by atoms with Crippen LogP contribution in [0.2, 0.25) is 5.02 Å². The summed E-state index contributed by atoms with van der Waals surface area (Å²) in [7, 11) is 0. The van der Waals surface area contributed by atoms with Gasteiger partial charge in [0.1, 0.15) is 0 Å². The summed E-state index contributed by atoms with van der Waals surface area (Å²) in [6, 6.07) is 7.79. The van der Waals surface area contributed by atoms with Crippen LogP contribution in [0.4, 0.5) is 5.95 Å². The van der Waals surface area contributed by atoms with Gasteiger partial charge in [-0.3, -0.25) is 9.36 Å². The lowest BCUT2D eigenvalue weighted by Crippen LogP contribution is -2.27. The normalized spacial score (nSPS) is 17.5. The minimum absolute atomic E-state index is 0.264. The summed E-state index contributed by atoms with van der Waals surface area (Å²) in [4.78, 5) is 16.0. The molecule has 0 radical (unpaired) electrons. The molecule has 3 heterocycles. The molecule has 0 aliphatic carbocycles. The molecule has 0 atom stereocenters. The molecule has 4 rings (SSSR count). The fourth-order valence-electron chi connectivity index (χ4n) is 3.51. The maximum absolute atomic E-state index is 11.8. The lowest BCUT2D eigenvalue weighted by atomic mass is 10.3. The number of amides is 1. The molecule has 0 saturated carbocycles. The molecule has 26 heavy (non-hydrogen) atoms. The second-order valence-corrected chi connectivity index (χ2v) is 8.12. The number of carbonyl (C=O) groups excluding carboxylic acids is 1. The van der Waals surface area contributed by atoms with Crippen molar-refractivity contribution in [2.24, 2.45) is 0 Å². The summed E-state index contributed by atoms with van der Waals surface area (Å²) in [6.45, 7) is 3.64. The number of rotatable bonds is 6. The van der Waals surface area contributed by atoms with Crippen molar-refractivity contribution in [3.63, 3.8) is 0 Å². The molecule has 0 unspecified atom stereocenters. The smallest absolute Gasteiger partial charge is 0.232 e. The average molecular weight is 392 g/mol. The molecule has 138 valence electrons. The van der Waals surface area contributed by atoms with Crippen LogP contribution in [-0.2, 0) is 4.79 Å². The first kappa shape index (κ1) is 17.7. The molecule has 0 spiro atoms. The lowest BCUT2D eigenvalue weighted by Gasteiger charge is -2.19. The van der Waals surface area contributed by atoms with E-state index in [1.807, 2.05) is 29.2 Å². The summed E-state index contributed by atoms with van der Waals surface area (Å²) < 4.78 is 2.09. The zero-order chi connectivity index (χ0) is 17.9. The summed E-state index contributed by atoms with van der Waals surface area (Å²) >= 11 is 7.86. The van der Waals surface area contributed by atoms with E-state index in [1.54, 1.807) is 11.8 Å². The van der Waals surface area contributed by atoms with Gasteiger partial charge in [-0.05, 0) is 37.5 Å². The highest BCUT2D eigenvalue weighted by Crippen LogP contribution is 2.29. The van der Waals surface area contributed by atoms with Crippen molar-refractivity contribution < 1.29 is 4.79 Å². The van der Waals surface area contributed by atoms with Gasteiger partial charge < -0.3 is 9.80 Å². The molecule has 2 aliphatic heterocycles. The Bertz CT molecular complexity index is 790. The van der Waals surface area contributed by atoms with Crippen molar-refractivity contribution in [3.05, 3.63) is 29.3 Å². The molecule has 8 heteroatoms. The Labute approximate surface area is 162 Å². The van der Waals surface area contributed by atoms with Crippen molar-refractivity contribution in [2.45, 2.75) is 30.8 Å². The SMILES string of the molecule is O=C1CCCN1CCSc1nnc(N2CCCC2)n1-c1cccc(Cl)c1. The van der Waals surface area contributed by atoms with E-state index in [0.717, 1.165) is 55.1 Å². The van der Waals surface area contributed by atoms with Crippen LogP contribution in [0.3, 0.4) is 0 Å². The number of nitrogens with zero attached hydrogens (tertiary/aromatic N) is 5. The van der Waals surface area contributed by atoms with E-state index < -0.39 is 0 Å². The van der Waals surface area contributed by atoms with Crippen molar-refractivity contribution in [1.29, 1.82) is 0 Å². The third-order valence-corrected chi connectivity index (χ3v) is 5.98. The number of halogens is 1. The van der Waals surface area contributed by atoms with Crippen LogP contribution in [-0.4, -0.2) is 57.5 Å². The Morgan fingerprint density at radius 2 is 1.96 bits per heavy atom. The second-order valence-electron chi connectivity index (χ2n) is 6.62. The van der Waals surface area contributed by atoms with Crippen molar-refractivity contribution in [3.8, 4) is 5.69 Å². The average Bonchev–Trinajstić information content (AvgIpc) is 3.36. The summed E-state index contributed by atoms with van der Waals surface area (Å²) in [5, 5.41) is 10.4. The standard InChI is InChI=1S/C18H22ClN5OS/c19-14-5-3-6-15(13-14)24-17(23-8-1-2-9-23)20-21-18(24)26-12-11-22-10-4-7-16(22)25/h3,5-6,13H,1-2,4,7-12H2. The highest BCUT2D eigenvalue weighted by atomic mass is 35.5. The van der Waals surface area contributed by atoms with Gasteiger partial charge in [0.05, 0.1) is 5.69 Å². The van der Waals surface area contributed by atoms with E-state index in [1.165, 1.54) is 12.8 Å². The van der Waals surface area contributed by atoms with Crippen LogP contribution in [0.5, 0.6) is 0 Å². The first-order valence-electron chi connectivity index (χ1n) is 9.09. The van der Waals surface area contributed by atoms with Gasteiger partial charge in [0.15, 0.2) is 5.16 Å². The van der Waals surface area contributed by atoms with Crippen molar-refractivity contribution in [2.75, 3.05) is 36.8 Å². The summed E-state index contributed by atoms with van der Waals surface area (Å²) in [5.41, 5.74) is 0.976. The molecular weight excluding hydrogens is 370 g/mol. The Kier molecular flexibility index (Phi) is 5.36.